The van der Waals surface area contributed by atoms with Crippen LogP contribution in [-0.4, -0.2) is 99.9 Å². The predicted octanol–water partition coefficient (Wildman–Crippen LogP) is 2.12. The molecule has 0 saturated carbocycles. The molecule has 2 aliphatic rings. The van der Waals surface area contributed by atoms with Crippen LogP contribution in [0.5, 0.6) is 5.75 Å². The number of nitrogens with zero attached hydrogens (tertiary/aromatic N) is 4. The number of aliphatic imine (C=N–C) groups is 1. The van der Waals surface area contributed by atoms with Crippen LogP contribution in [0.1, 0.15) is 18.9 Å². The molecule has 2 saturated heterocycles. The number of likely N-dealkylation sites (N-methyl/N-ethyl adjacent to an activating group) is 1. The van der Waals surface area contributed by atoms with E-state index in [9.17, 15) is 0 Å². The summed E-state index contributed by atoms with van der Waals surface area (Å²) in [5.74, 6) is 1.93. The van der Waals surface area contributed by atoms with E-state index in [0.29, 0.717) is 19.2 Å². The van der Waals surface area contributed by atoms with Gasteiger partial charge in [-0.1, -0.05) is 12.1 Å². The van der Waals surface area contributed by atoms with Gasteiger partial charge in [-0.25, -0.2) is 4.99 Å². The first-order chi connectivity index (χ1) is 14.2. The van der Waals surface area contributed by atoms with Gasteiger partial charge < -0.3 is 24.6 Å². The lowest BCUT2D eigenvalue weighted by Gasteiger charge is -2.32. The molecule has 3 rings (SSSR count). The van der Waals surface area contributed by atoms with Crippen molar-refractivity contribution in [1.82, 2.24) is 20.0 Å². The molecule has 1 unspecified atom stereocenters. The Morgan fingerprint density at radius 1 is 1.27 bits per heavy atom. The molecule has 1 aromatic rings. The van der Waals surface area contributed by atoms with Gasteiger partial charge >= 0.3 is 0 Å². The summed E-state index contributed by atoms with van der Waals surface area (Å²) in [5.41, 5.74) is 1.17. The third-order valence-electron chi connectivity index (χ3n) is 5.48. The smallest absolute Gasteiger partial charge is 0.194 e. The van der Waals surface area contributed by atoms with Crippen LogP contribution in [0, 0.1) is 0 Å². The van der Waals surface area contributed by atoms with Crippen molar-refractivity contribution in [2.45, 2.75) is 25.9 Å². The first-order valence-corrected chi connectivity index (χ1v) is 10.9. The van der Waals surface area contributed by atoms with Crippen LogP contribution >= 0.6 is 24.0 Å². The van der Waals surface area contributed by atoms with E-state index in [-0.39, 0.29) is 24.0 Å². The van der Waals surface area contributed by atoms with Crippen molar-refractivity contribution in [2.24, 2.45) is 4.99 Å². The van der Waals surface area contributed by atoms with Crippen molar-refractivity contribution in [3.05, 3.63) is 29.8 Å². The summed E-state index contributed by atoms with van der Waals surface area (Å²) in [6, 6.07) is 8.89. The Bertz CT molecular complexity index is 652. The normalized spacial score (nSPS) is 20.3. The molecule has 2 aliphatic heterocycles. The van der Waals surface area contributed by atoms with E-state index in [4.69, 9.17) is 14.5 Å². The number of ether oxygens (including phenoxy) is 2. The maximum Gasteiger partial charge on any atom is 0.194 e. The molecule has 30 heavy (non-hydrogen) atoms. The second-order valence-electron chi connectivity index (χ2n) is 8.01. The van der Waals surface area contributed by atoms with Gasteiger partial charge in [0.15, 0.2) is 5.96 Å². The number of morpholine rings is 1. The third kappa shape index (κ3) is 7.86. The standard InChI is InChI=1S/C22H37N5O2.HI/c1-4-23-22(27-9-8-20(18-27)26-11-13-28-14-12-26)24-17-19-6-5-7-21(16-19)29-15-10-25(2)3;/h5-7,16,20H,4,8-15,17-18H2,1-3H3,(H,23,24);1H. The molecule has 0 bridgehead atoms. The van der Waals surface area contributed by atoms with Gasteiger partial charge in [-0.3, -0.25) is 4.90 Å². The highest BCUT2D eigenvalue weighted by atomic mass is 127. The molecule has 0 aromatic heterocycles. The van der Waals surface area contributed by atoms with Crippen molar-refractivity contribution < 1.29 is 9.47 Å². The van der Waals surface area contributed by atoms with E-state index in [1.54, 1.807) is 0 Å². The molecule has 0 aliphatic carbocycles. The van der Waals surface area contributed by atoms with Crippen LogP contribution in [0.15, 0.2) is 29.3 Å². The lowest BCUT2D eigenvalue weighted by molar-refractivity contribution is 0.0195. The van der Waals surface area contributed by atoms with Crippen LogP contribution in [-0.2, 0) is 11.3 Å². The Balaban J connectivity index is 0.00000320. The van der Waals surface area contributed by atoms with Crippen molar-refractivity contribution in [3.63, 3.8) is 0 Å². The van der Waals surface area contributed by atoms with E-state index in [0.717, 1.165) is 64.2 Å². The first-order valence-electron chi connectivity index (χ1n) is 10.9. The first kappa shape index (κ1) is 25.2. The minimum Gasteiger partial charge on any atom is -0.492 e. The lowest BCUT2D eigenvalue weighted by Crippen LogP contribution is -2.46. The number of guanidine groups is 1. The second kappa shape index (κ2) is 13.3. The Hall–Kier alpha value is -1.10. The van der Waals surface area contributed by atoms with Crippen LogP contribution < -0.4 is 10.1 Å². The number of likely N-dealkylation sites (tertiary alicyclic amines) is 1. The Morgan fingerprint density at radius 3 is 2.80 bits per heavy atom. The largest absolute Gasteiger partial charge is 0.492 e. The fraction of sp³-hybridized carbons (Fsp3) is 0.682. The zero-order chi connectivity index (χ0) is 20.5. The SMILES string of the molecule is CCNC(=NCc1cccc(OCCN(C)C)c1)N1CCC(N2CCOCC2)C1.I. The molecular weight excluding hydrogens is 493 g/mol. The summed E-state index contributed by atoms with van der Waals surface area (Å²) >= 11 is 0. The number of rotatable bonds is 8. The highest BCUT2D eigenvalue weighted by Crippen LogP contribution is 2.18. The number of hydrogen-bond acceptors (Lipinski definition) is 5. The molecule has 0 amide bonds. The molecule has 0 spiro atoms. The number of benzene rings is 1. The fourth-order valence-electron chi connectivity index (χ4n) is 3.85. The molecule has 2 heterocycles. The summed E-state index contributed by atoms with van der Waals surface area (Å²) in [4.78, 5) is 12.0. The molecule has 1 atom stereocenters. The van der Waals surface area contributed by atoms with Crippen LogP contribution in [0.2, 0.25) is 0 Å². The number of halogens is 1. The zero-order valence-corrected chi connectivity index (χ0v) is 21.0. The van der Waals surface area contributed by atoms with Gasteiger partial charge in [0.2, 0.25) is 0 Å². The average molecular weight is 531 g/mol. The molecule has 0 radical (unpaired) electrons. The van der Waals surface area contributed by atoms with Gasteiger partial charge in [0.05, 0.1) is 19.8 Å². The van der Waals surface area contributed by atoms with Gasteiger partial charge in [0, 0.05) is 45.3 Å². The van der Waals surface area contributed by atoms with Crippen molar-refractivity contribution in [1.29, 1.82) is 0 Å². The number of hydrogen-bond donors (Lipinski definition) is 1. The molecule has 1 N–H and O–H groups in total. The van der Waals surface area contributed by atoms with E-state index < -0.39 is 0 Å². The molecule has 8 heteroatoms. The van der Waals surface area contributed by atoms with Crippen molar-refractivity contribution in [2.75, 3.05) is 73.2 Å². The van der Waals surface area contributed by atoms with E-state index in [1.807, 2.05) is 12.1 Å². The molecule has 170 valence electrons. The second-order valence-corrected chi connectivity index (χ2v) is 8.01. The van der Waals surface area contributed by atoms with Gasteiger partial charge in [0.1, 0.15) is 12.4 Å². The maximum atomic E-state index is 5.86. The average Bonchev–Trinajstić information content (AvgIpc) is 3.22. The summed E-state index contributed by atoms with van der Waals surface area (Å²) in [6.45, 7) is 11.2. The minimum absolute atomic E-state index is 0. The van der Waals surface area contributed by atoms with Crippen LogP contribution in [0.25, 0.3) is 0 Å². The van der Waals surface area contributed by atoms with E-state index >= 15 is 0 Å². The summed E-state index contributed by atoms with van der Waals surface area (Å²) in [6.07, 6.45) is 1.19. The zero-order valence-electron chi connectivity index (χ0n) is 18.7. The Kier molecular flexibility index (Phi) is 11.2. The fourth-order valence-corrected chi connectivity index (χ4v) is 3.85. The summed E-state index contributed by atoms with van der Waals surface area (Å²) in [5, 5.41) is 3.48. The summed E-state index contributed by atoms with van der Waals surface area (Å²) < 4.78 is 11.4. The van der Waals surface area contributed by atoms with Gasteiger partial charge in [-0.15, -0.1) is 24.0 Å². The molecular formula is C22H38IN5O2. The topological polar surface area (TPSA) is 52.6 Å². The Morgan fingerprint density at radius 2 is 2.07 bits per heavy atom. The molecule has 2 fully saturated rings. The van der Waals surface area contributed by atoms with Crippen LogP contribution in [0.3, 0.4) is 0 Å². The highest BCUT2D eigenvalue weighted by Gasteiger charge is 2.30. The highest BCUT2D eigenvalue weighted by molar-refractivity contribution is 14.0. The van der Waals surface area contributed by atoms with Gasteiger partial charge in [0.25, 0.3) is 0 Å². The number of nitrogens with one attached hydrogen (secondary N) is 1. The maximum absolute atomic E-state index is 5.86. The van der Waals surface area contributed by atoms with E-state index in [1.165, 1.54) is 12.0 Å². The van der Waals surface area contributed by atoms with Crippen molar-refractivity contribution in [3.8, 4) is 5.75 Å². The van der Waals surface area contributed by atoms with Gasteiger partial charge in [-0.2, -0.15) is 0 Å². The summed E-state index contributed by atoms with van der Waals surface area (Å²) in [7, 11) is 4.11. The monoisotopic (exact) mass is 531 g/mol. The minimum atomic E-state index is 0. The van der Waals surface area contributed by atoms with Gasteiger partial charge in [-0.05, 0) is 45.1 Å². The van der Waals surface area contributed by atoms with Crippen LogP contribution in [0.4, 0.5) is 0 Å². The van der Waals surface area contributed by atoms with Crippen molar-refractivity contribution >= 4 is 29.9 Å². The molecule has 1 aromatic carbocycles. The third-order valence-corrected chi connectivity index (χ3v) is 5.48. The quantitative estimate of drug-likeness (QED) is 0.315. The Labute approximate surface area is 198 Å². The molecule has 7 nitrogen and oxygen atoms in total. The van der Waals surface area contributed by atoms with E-state index in [2.05, 4.69) is 53.2 Å². The predicted molar refractivity (Wildman–Crippen MR) is 133 cm³/mol. The lowest BCUT2D eigenvalue weighted by atomic mass is 10.2.